The summed E-state index contributed by atoms with van der Waals surface area (Å²) in [6, 6.07) is 0. The predicted molar refractivity (Wildman–Crippen MR) is 38.7 cm³/mol. The summed E-state index contributed by atoms with van der Waals surface area (Å²) in [5, 5.41) is 0. The topological polar surface area (TPSA) is 66.0 Å². The molecule has 54 valence electrons. The molecule has 3 nitrogen and oxygen atoms in total. The molecule has 0 aliphatic rings. The zero-order chi connectivity index (χ0) is 7.49. The van der Waals surface area contributed by atoms with Crippen LogP contribution in [0.15, 0.2) is 0 Å². The van der Waals surface area contributed by atoms with Gasteiger partial charge in [-0.25, -0.2) is 0 Å². The minimum absolute atomic E-state index is 0.240. The lowest BCUT2D eigenvalue weighted by Crippen LogP contribution is -2.80. The van der Waals surface area contributed by atoms with Crippen LogP contribution in [0.25, 0.3) is 0 Å². The Kier molecular flexibility index (Phi) is 2.49. The van der Waals surface area contributed by atoms with Gasteiger partial charge in [0.25, 0.3) is 0 Å². The Bertz CT molecular complexity index is 106. The van der Waals surface area contributed by atoms with E-state index in [0.29, 0.717) is 5.96 Å². The first-order valence-electron chi connectivity index (χ1n) is 3.03. The van der Waals surface area contributed by atoms with Crippen LogP contribution in [0.1, 0.15) is 20.8 Å². The van der Waals surface area contributed by atoms with Gasteiger partial charge in [0.05, 0.1) is 6.54 Å². The van der Waals surface area contributed by atoms with Crippen LogP contribution < -0.4 is 16.5 Å². The maximum absolute atomic E-state index is 5.18. The molecular formula is C6H16N3+. The molecule has 0 fully saturated rings. The second kappa shape index (κ2) is 2.71. The predicted octanol–water partition coefficient (Wildman–Crippen LogP) is -1.61. The highest BCUT2D eigenvalue weighted by Gasteiger charge is 2.08. The van der Waals surface area contributed by atoms with E-state index in [0.717, 1.165) is 6.54 Å². The molecule has 0 saturated heterocycles. The number of hydrogen-bond donors (Lipinski definition) is 3. The lowest BCUT2D eigenvalue weighted by molar-refractivity contribution is -0.475. The van der Waals surface area contributed by atoms with Gasteiger partial charge in [0.2, 0.25) is 0 Å². The van der Waals surface area contributed by atoms with Crippen molar-refractivity contribution in [2.24, 2.45) is 16.9 Å². The normalized spacial score (nSPS) is 11.0. The van der Waals surface area contributed by atoms with Crippen LogP contribution in [0, 0.1) is 5.41 Å². The highest BCUT2D eigenvalue weighted by atomic mass is 15.0. The van der Waals surface area contributed by atoms with Crippen molar-refractivity contribution in [2.75, 3.05) is 6.54 Å². The zero-order valence-electron chi connectivity index (χ0n) is 6.36. The number of hydrogen-bond acceptors (Lipinski definition) is 0. The number of nitrogens with two attached hydrogens (primary N) is 2. The van der Waals surface area contributed by atoms with Crippen molar-refractivity contribution in [2.45, 2.75) is 20.8 Å². The molecule has 0 atom stereocenters. The minimum atomic E-state index is 0.240. The van der Waals surface area contributed by atoms with E-state index in [2.05, 4.69) is 25.8 Å². The maximum Gasteiger partial charge on any atom is 0.338 e. The lowest BCUT2D eigenvalue weighted by Gasteiger charge is -2.12. The minimum Gasteiger partial charge on any atom is -0.291 e. The smallest absolute Gasteiger partial charge is 0.291 e. The van der Waals surface area contributed by atoms with Crippen molar-refractivity contribution >= 4 is 5.96 Å². The molecule has 9 heavy (non-hydrogen) atoms. The van der Waals surface area contributed by atoms with Gasteiger partial charge in [-0.2, -0.15) is 0 Å². The molecule has 0 aromatic carbocycles. The van der Waals surface area contributed by atoms with E-state index < -0.39 is 0 Å². The molecule has 0 unspecified atom stereocenters. The van der Waals surface area contributed by atoms with E-state index in [1.165, 1.54) is 0 Å². The summed E-state index contributed by atoms with van der Waals surface area (Å²) in [5.74, 6) is 0.296. The van der Waals surface area contributed by atoms with Crippen LogP contribution in [0.5, 0.6) is 0 Å². The van der Waals surface area contributed by atoms with Crippen molar-refractivity contribution in [1.29, 1.82) is 0 Å². The van der Waals surface area contributed by atoms with Gasteiger partial charge < -0.3 is 0 Å². The molecule has 0 aliphatic carbocycles. The fourth-order valence-corrected chi connectivity index (χ4v) is 0.367. The molecule has 0 radical (unpaired) electrons. The molecule has 3 heteroatoms. The first-order valence-corrected chi connectivity index (χ1v) is 3.03. The van der Waals surface area contributed by atoms with E-state index >= 15 is 0 Å². The van der Waals surface area contributed by atoms with Gasteiger partial charge in [-0.05, 0) is 5.41 Å². The molecule has 5 N–H and O–H groups in total. The van der Waals surface area contributed by atoms with E-state index in [9.17, 15) is 0 Å². The van der Waals surface area contributed by atoms with Crippen molar-refractivity contribution < 1.29 is 4.99 Å². The molecule has 0 saturated carbocycles. The Morgan fingerprint density at radius 1 is 1.33 bits per heavy atom. The number of guanidine groups is 1. The largest absolute Gasteiger partial charge is 0.338 e. The Hall–Kier alpha value is -0.730. The van der Waals surface area contributed by atoms with E-state index in [1.807, 2.05) is 0 Å². The highest BCUT2D eigenvalue weighted by molar-refractivity contribution is 5.69. The van der Waals surface area contributed by atoms with Gasteiger partial charge in [-0.1, -0.05) is 20.8 Å². The quantitative estimate of drug-likeness (QED) is 0.295. The standard InChI is InChI=1S/C6H15N3/c1-6(2,3)4-9-5(7)8/h4H2,1-3H3,(H4,7,8,9)/p+1. The second-order valence-corrected chi connectivity index (χ2v) is 3.37. The third kappa shape index (κ3) is 7.27. The van der Waals surface area contributed by atoms with Gasteiger partial charge in [-0.15, -0.1) is 0 Å². The van der Waals surface area contributed by atoms with E-state index in [4.69, 9.17) is 11.5 Å². The SMILES string of the molecule is CC(C)(C)C[NH+]=C(N)N. The summed E-state index contributed by atoms with van der Waals surface area (Å²) in [7, 11) is 0. The Morgan fingerprint density at radius 3 is 1.89 bits per heavy atom. The summed E-state index contributed by atoms with van der Waals surface area (Å²) in [5.41, 5.74) is 10.6. The lowest BCUT2D eigenvalue weighted by atomic mass is 9.97. The van der Waals surface area contributed by atoms with Crippen LogP contribution in [-0.4, -0.2) is 12.5 Å². The molecule has 0 amide bonds. The van der Waals surface area contributed by atoms with Gasteiger partial charge in [0, 0.05) is 0 Å². The fraction of sp³-hybridized carbons (Fsp3) is 0.833. The number of rotatable bonds is 1. The zero-order valence-corrected chi connectivity index (χ0v) is 6.36. The van der Waals surface area contributed by atoms with Crippen molar-refractivity contribution in [3.05, 3.63) is 0 Å². The van der Waals surface area contributed by atoms with Gasteiger partial charge in [-0.3, -0.25) is 16.5 Å². The monoisotopic (exact) mass is 130 g/mol. The average molecular weight is 130 g/mol. The molecule has 0 aromatic heterocycles. The Morgan fingerprint density at radius 2 is 1.78 bits per heavy atom. The maximum atomic E-state index is 5.18. The summed E-state index contributed by atoms with van der Waals surface area (Å²) in [6.07, 6.45) is 0. The average Bonchev–Trinajstić information content (AvgIpc) is 1.59. The molecule has 0 aromatic rings. The molecule has 0 aliphatic heterocycles. The molecule has 0 rings (SSSR count). The van der Waals surface area contributed by atoms with Crippen LogP contribution in [0.3, 0.4) is 0 Å². The summed E-state index contributed by atoms with van der Waals surface area (Å²) in [6.45, 7) is 7.16. The van der Waals surface area contributed by atoms with Gasteiger partial charge >= 0.3 is 5.96 Å². The van der Waals surface area contributed by atoms with Crippen LogP contribution in [-0.2, 0) is 0 Å². The molecule has 0 bridgehead atoms. The van der Waals surface area contributed by atoms with E-state index in [1.54, 1.807) is 0 Å². The van der Waals surface area contributed by atoms with Crippen LogP contribution in [0.2, 0.25) is 0 Å². The third-order valence-corrected chi connectivity index (χ3v) is 0.823. The summed E-state index contributed by atoms with van der Waals surface area (Å²) < 4.78 is 0. The Balaban J connectivity index is 3.64. The van der Waals surface area contributed by atoms with Gasteiger partial charge in [0.15, 0.2) is 0 Å². The molecule has 0 spiro atoms. The fourth-order valence-electron chi connectivity index (χ4n) is 0.367. The van der Waals surface area contributed by atoms with E-state index in [-0.39, 0.29) is 5.41 Å². The Labute approximate surface area is 56.1 Å². The first-order chi connectivity index (χ1) is 3.92. The van der Waals surface area contributed by atoms with Crippen molar-refractivity contribution in [1.82, 2.24) is 0 Å². The van der Waals surface area contributed by atoms with Crippen LogP contribution >= 0.6 is 0 Å². The second-order valence-electron chi connectivity index (χ2n) is 3.37. The van der Waals surface area contributed by atoms with Gasteiger partial charge in [0.1, 0.15) is 0 Å². The highest BCUT2D eigenvalue weighted by Crippen LogP contribution is 2.07. The molecular weight excluding hydrogens is 114 g/mol. The number of nitrogens with one attached hydrogen (secondary N) is 1. The summed E-state index contributed by atoms with van der Waals surface area (Å²) in [4.78, 5) is 2.86. The molecule has 0 heterocycles. The summed E-state index contributed by atoms with van der Waals surface area (Å²) >= 11 is 0. The third-order valence-electron chi connectivity index (χ3n) is 0.823. The first kappa shape index (κ1) is 8.27. The van der Waals surface area contributed by atoms with Crippen LogP contribution in [0.4, 0.5) is 0 Å². The van der Waals surface area contributed by atoms with Crippen molar-refractivity contribution in [3.63, 3.8) is 0 Å². The van der Waals surface area contributed by atoms with Crippen molar-refractivity contribution in [3.8, 4) is 0 Å².